The van der Waals surface area contributed by atoms with Crippen molar-refractivity contribution >= 4 is 22.1 Å². The molecule has 1 aliphatic rings. The predicted molar refractivity (Wildman–Crippen MR) is 88.8 cm³/mol. The lowest BCUT2D eigenvalue weighted by Gasteiger charge is -2.24. The molecule has 1 fully saturated rings. The molecule has 122 valence electrons. The number of aromatic nitrogens is 1. The van der Waals surface area contributed by atoms with Crippen LogP contribution in [0.3, 0.4) is 0 Å². The number of β-amino-alcohol motifs (C(OH)–C–C–N with tert-alkyl or cyclic N) is 1. The van der Waals surface area contributed by atoms with Crippen LogP contribution < -0.4 is 4.90 Å². The van der Waals surface area contributed by atoms with Gasteiger partial charge in [0, 0.05) is 55.7 Å². The molecule has 1 N–H and O–H groups in total. The first-order chi connectivity index (χ1) is 11.2. The summed E-state index contributed by atoms with van der Waals surface area (Å²) in [6, 6.07) is 5.24. The van der Waals surface area contributed by atoms with Gasteiger partial charge in [-0.15, -0.1) is 0 Å². The monoisotopic (exact) mass is 316 g/mol. The molecule has 1 aromatic carbocycles. The third-order valence-corrected chi connectivity index (χ3v) is 4.31. The Hall–Kier alpha value is -2.25. The van der Waals surface area contributed by atoms with Crippen molar-refractivity contribution in [3.8, 4) is 0 Å². The Morgan fingerprint density at radius 2 is 2.04 bits per heavy atom. The molecule has 0 saturated carbocycles. The Morgan fingerprint density at radius 1 is 1.17 bits per heavy atom. The number of anilines is 1. The second kappa shape index (κ2) is 6.89. The van der Waals surface area contributed by atoms with Gasteiger partial charge in [0.25, 0.3) is 5.69 Å². The zero-order chi connectivity index (χ0) is 16.2. The van der Waals surface area contributed by atoms with Crippen molar-refractivity contribution in [2.75, 3.05) is 44.2 Å². The third-order valence-electron chi connectivity index (χ3n) is 4.31. The molecule has 0 bridgehead atoms. The minimum Gasteiger partial charge on any atom is -0.395 e. The molecular formula is C16H20N4O3. The van der Waals surface area contributed by atoms with Crippen LogP contribution in [0.5, 0.6) is 0 Å². The molecule has 2 heterocycles. The number of fused-ring (bicyclic) bond motifs is 1. The highest BCUT2D eigenvalue weighted by molar-refractivity contribution is 5.99. The van der Waals surface area contributed by atoms with Crippen LogP contribution in [0.15, 0.2) is 30.6 Å². The van der Waals surface area contributed by atoms with E-state index in [1.54, 1.807) is 18.5 Å². The van der Waals surface area contributed by atoms with Gasteiger partial charge >= 0.3 is 0 Å². The number of non-ortho nitro benzene ring substituents is 1. The molecule has 1 aromatic heterocycles. The number of nitrogens with zero attached hydrogens (tertiary/aromatic N) is 4. The summed E-state index contributed by atoms with van der Waals surface area (Å²) in [5.41, 5.74) is 1.10. The second-order valence-electron chi connectivity index (χ2n) is 5.69. The van der Waals surface area contributed by atoms with Crippen molar-refractivity contribution in [1.82, 2.24) is 9.88 Å². The Bertz CT molecular complexity index is 707. The van der Waals surface area contributed by atoms with Crippen LogP contribution in [-0.4, -0.2) is 59.2 Å². The van der Waals surface area contributed by atoms with Crippen molar-refractivity contribution in [3.63, 3.8) is 0 Å². The summed E-state index contributed by atoms with van der Waals surface area (Å²) in [6.07, 6.45) is 4.24. The molecule has 0 aliphatic carbocycles. The van der Waals surface area contributed by atoms with E-state index in [1.165, 1.54) is 0 Å². The van der Waals surface area contributed by atoms with E-state index in [4.69, 9.17) is 5.11 Å². The van der Waals surface area contributed by atoms with Crippen LogP contribution in [-0.2, 0) is 0 Å². The molecule has 1 aliphatic heterocycles. The summed E-state index contributed by atoms with van der Waals surface area (Å²) in [6.45, 7) is 4.45. The third kappa shape index (κ3) is 3.25. The highest BCUT2D eigenvalue weighted by Gasteiger charge is 2.20. The van der Waals surface area contributed by atoms with E-state index in [1.807, 2.05) is 12.1 Å². The van der Waals surface area contributed by atoms with E-state index < -0.39 is 0 Å². The Morgan fingerprint density at radius 3 is 2.83 bits per heavy atom. The highest BCUT2D eigenvalue weighted by Crippen LogP contribution is 2.33. The van der Waals surface area contributed by atoms with Crippen LogP contribution in [0, 0.1) is 10.1 Å². The standard InChI is InChI=1S/C16H20N4O3/c21-11-10-18-6-1-7-19(9-8-18)15-2-3-16(20(22)23)14-12-17-5-4-13(14)15/h2-5,12,21H,1,6-11H2. The topological polar surface area (TPSA) is 82.7 Å². The van der Waals surface area contributed by atoms with Crippen molar-refractivity contribution in [2.45, 2.75) is 6.42 Å². The van der Waals surface area contributed by atoms with E-state index in [0.717, 1.165) is 43.7 Å². The van der Waals surface area contributed by atoms with Crippen LogP contribution in [0.4, 0.5) is 11.4 Å². The van der Waals surface area contributed by atoms with Gasteiger partial charge in [-0.2, -0.15) is 0 Å². The maximum Gasteiger partial charge on any atom is 0.278 e. The molecule has 0 unspecified atom stereocenters. The number of rotatable bonds is 4. The molecule has 7 nitrogen and oxygen atoms in total. The summed E-state index contributed by atoms with van der Waals surface area (Å²) in [5.74, 6) is 0. The van der Waals surface area contributed by atoms with Gasteiger partial charge in [0.2, 0.25) is 0 Å². The van der Waals surface area contributed by atoms with Gasteiger partial charge < -0.3 is 10.0 Å². The van der Waals surface area contributed by atoms with Gasteiger partial charge in [0.1, 0.15) is 0 Å². The average molecular weight is 316 g/mol. The van der Waals surface area contributed by atoms with Crippen LogP contribution in [0.25, 0.3) is 10.8 Å². The lowest BCUT2D eigenvalue weighted by molar-refractivity contribution is -0.383. The smallest absolute Gasteiger partial charge is 0.278 e. The number of pyridine rings is 1. The number of benzene rings is 1. The van der Waals surface area contributed by atoms with Crippen LogP contribution in [0.2, 0.25) is 0 Å². The molecule has 0 radical (unpaired) electrons. The summed E-state index contributed by atoms with van der Waals surface area (Å²) in [4.78, 5) is 19.4. The summed E-state index contributed by atoms with van der Waals surface area (Å²) in [5, 5.41) is 21.7. The minimum absolute atomic E-state index is 0.0913. The Kier molecular flexibility index (Phi) is 4.68. The van der Waals surface area contributed by atoms with Gasteiger partial charge in [0.05, 0.1) is 16.9 Å². The predicted octanol–water partition coefficient (Wildman–Crippen LogP) is 1.65. The zero-order valence-electron chi connectivity index (χ0n) is 12.9. The molecule has 3 rings (SSSR count). The van der Waals surface area contributed by atoms with Crippen molar-refractivity contribution in [3.05, 3.63) is 40.7 Å². The first-order valence-electron chi connectivity index (χ1n) is 7.80. The van der Waals surface area contributed by atoms with Crippen molar-refractivity contribution in [1.29, 1.82) is 0 Å². The summed E-state index contributed by atoms with van der Waals surface area (Å²) < 4.78 is 0. The average Bonchev–Trinajstić information content (AvgIpc) is 2.79. The number of hydrogen-bond acceptors (Lipinski definition) is 6. The molecule has 23 heavy (non-hydrogen) atoms. The zero-order valence-corrected chi connectivity index (χ0v) is 12.9. The van der Waals surface area contributed by atoms with Crippen molar-refractivity contribution < 1.29 is 10.0 Å². The first kappa shape index (κ1) is 15.6. The number of aliphatic hydroxyl groups excluding tert-OH is 1. The lowest BCUT2D eigenvalue weighted by atomic mass is 10.1. The summed E-state index contributed by atoms with van der Waals surface area (Å²) in [7, 11) is 0. The van der Waals surface area contributed by atoms with E-state index >= 15 is 0 Å². The van der Waals surface area contributed by atoms with E-state index in [2.05, 4.69) is 14.8 Å². The molecular weight excluding hydrogens is 296 g/mol. The molecule has 2 aromatic rings. The normalized spacial score (nSPS) is 16.5. The quantitative estimate of drug-likeness (QED) is 0.682. The SMILES string of the molecule is O=[N+]([O-])c1ccc(N2CCCN(CCO)CC2)c2ccncc12. The minimum atomic E-state index is -0.362. The number of nitro benzene ring substituents is 1. The number of aliphatic hydroxyl groups is 1. The Balaban J connectivity index is 1.94. The molecule has 0 atom stereocenters. The van der Waals surface area contributed by atoms with Gasteiger partial charge in [0.15, 0.2) is 0 Å². The maximum atomic E-state index is 11.2. The molecule has 0 amide bonds. The second-order valence-corrected chi connectivity index (χ2v) is 5.69. The molecule has 7 heteroatoms. The highest BCUT2D eigenvalue weighted by atomic mass is 16.6. The largest absolute Gasteiger partial charge is 0.395 e. The number of nitro groups is 1. The Labute approximate surface area is 134 Å². The van der Waals surface area contributed by atoms with Gasteiger partial charge in [-0.05, 0) is 25.1 Å². The molecule has 0 spiro atoms. The lowest BCUT2D eigenvalue weighted by Crippen LogP contribution is -2.32. The van der Waals surface area contributed by atoms with Gasteiger partial charge in [-0.3, -0.25) is 20.0 Å². The fourth-order valence-corrected chi connectivity index (χ4v) is 3.17. The van der Waals surface area contributed by atoms with E-state index in [0.29, 0.717) is 11.9 Å². The van der Waals surface area contributed by atoms with E-state index in [9.17, 15) is 10.1 Å². The van der Waals surface area contributed by atoms with Crippen LogP contribution >= 0.6 is 0 Å². The fraction of sp³-hybridized carbons (Fsp3) is 0.438. The first-order valence-corrected chi connectivity index (χ1v) is 7.80. The van der Waals surface area contributed by atoms with Gasteiger partial charge in [-0.25, -0.2) is 0 Å². The van der Waals surface area contributed by atoms with E-state index in [-0.39, 0.29) is 17.2 Å². The van der Waals surface area contributed by atoms with Crippen LogP contribution in [0.1, 0.15) is 6.42 Å². The number of hydrogen-bond donors (Lipinski definition) is 1. The van der Waals surface area contributed by atoms with Gasteiger partial charge in [-0.1, -0.05) is 0 Å². The molecule has 1 saturated heterocycles. The van der Waals surface area contributed by atoms with Crippen molar-refractivity contribution in [2.24, 2.45) is 0 Å². The maximum absolute atomic E-state index is 11.2. The fourth-order valence-electron chi connectivity index (χ4n) is 3.17. The summed E-state index contributed by atoms with van der Waals surface area (Å²) >= 11 is 0.